The summed E-state index contributed by atoms with van der Waals surface area (Å²) in [5, 5.41) is 0. The molecule has 2 rings (SSSR count). The van der Waals surface area contributed by atoms with Crippen LogP contribution in [0.25, 0.3) is 0 Å². The minimum absolute atomic E-state index is 0.0942. The van der Waals surface area contributed by atoms with Crippen molar-refractivity contribution in [3.8, 4) is 11.5 Å². The van der Waals surface area contributed by atoms with Crippen LogP contribution < -0.4 is 9.47 Å². The molecule has 1 atom stereocenters. The molecule has 1 aromatic rings. The van der Waals surface area contributed by atoms with Gasteiger partial charge in [0.1, 0.15) is 22.6 Å². The van der Waals surface area contributed by atoms with Crippen LogP contribution in [0.4, 0.5) is 0 Å². The van der Waals surface area contributed by atoms with E-state index in [2.05, 4.69) is 0 Å². The lowest BCUT2D eigenvalue weighted by atomic mass is 10.3. The summed E-state index contributed by atoms with van der Waals surface area (Å²) in [7, 11) is -0.751. The summed E-state index contributed by atoms with van der Waals surface area (Å²) in [5.41, 5.74) is 0. The second kappa shape index (κ2) is 5.99. The van der Waals surface area contributed by atoms with E-state index in [1.165, 1.54) is 24.6 Å². The van der Waals surface area contributed by atoms with E-state index in [4.69, 9.17) is 14.2 Å². The van der Waals surface area contributed by atoms with E-state index in [1.807, 2.05) is 0 Å². The number of ether oxygens (including phenoxy) is 3. The Kier molecular flexibility index (Phi) is 4.52. The predicted octanol–water partition coefficient (Wildman–Crippen LogP) is 1.46. The van der Waals surface area contributed by atoms with Crippen LogP contribution in [0.5, 0.6) is 11.5 Å². The molecule has 0 saturated carbocycles. The Hall–Kier alpha value is -1.31. The summed E-state index contributed by atoms with van der Waals surface area (Å²) in [6.45, 7) is 2.73. The SMILES string of the molecule is COc1ccc(OC)c(S(=O)(=O)N2CCCOC2C)c1. The fourth-order valence-corrected chi connectivity index (χ4v) is 3.91. The van der Waals surface area contributed by atoms with E-state index in [1.54, 1.807) is 19.1 Å². The predicted molar refractivity (Wildman–Crippen MR) is 73.5 cm³/mol. The number of nitrogens with zero attached hydrogens (tertiary/aromatic N) is 1. The molecule has 20 heavy (non-hydrogen) atoms. The Morgan fingerprint density at radius 1 is 1.30 bits per heavy atom. The maximum atomic E-state index is 12.8. The molecule has 0 spiro atoms. The third kappa shape index (κ3) is 2.74. The second-order valence-electron chi connectivity index (χ2n) is 4.46. The Morgan fingerprint density at radius 3 is 2.65 bits per heavy atom. The van der Waals surface area contributed by atoms with Crippen molar-refractivity contribution < 1.29 is 22.6 Å². The summed E-state index contributed by atoms with van der Waals surface area (Å²) in [6.07, 6.45) is 0.195. The van der Waals surface area contributed by atoms with Crippen molar-refractivity contribution in [2.24, 2.45) is 0 Å². The van der Waals surface area contributed by atoms with E-state index >= 15 is 0 Å². The topological polar surface area (TPSA) is 65.1 Å². The average molecular weight is 301 g/mol. The number of hydrogen-bond acceptors (Lipinski definition) is 5. The summed E-state index contributed by atoms with van der Waals surface area (Å²) in [4.78, 5) is 0.0942. The monoisotopic (exact) mass is 301 g/mol. The molecule has 1 fully saturated rings. The van der Waals surface area contributed by atoms with Gasteiger partial charge in [-0.1, -0.05) is 0 Å². The molecule has 0 bridgehead atoms. The molecule has 1 unspecified atom stereocenters. The summed E-state index contributed by atoms with van der Waals surface area (Å²) in [5.74, 6) is 0.763. The van der Waals surface area contributed by atoms with Crippen molar-refractivity contribution in [3.63, 3.8) is 0 Å². The smallest absolute Gasteiger partial charge is 0.249 e. The van der Waals surface area contributed by atoms with Crippen LogP contribution >= 0.6 is 0 Å². The first-order chi connectivity index (χ1) is 9.50. The lowest BCUT2D eigenvalue weighted by Crippen LogP contribution is -2.44. The van der Waals surface area contributed by atoms with E-state index in [0.29, 0.717) is 31.1 Å². The highest BCUT2D eigenvalue weighted by Gasteiger charge is 2.34. The standard InChI is InChI=1S/C13H19NO5S/c1-10-14(7-4-8-19-10)20(15,16)13-9-11(17-2)5-6-12(13)18-3/h5-6,9-10H,4,7-8H2,1-3H3. The molecule has 1 heterocycles. The number of hydrogen-bond donors (Lipinski definition) is 0. The van der Waals surface area contributed by atoms with E-state index in [9.17, 15) is 8.42 Å². The van der Waals surface area contributed by atoms with Crippen LogP contribution in [0.3, 0.4) is 0 Å². The maximum Gasteiger partial charge on any atom is 0.249 e. The molecular formula is C13H19NO5S. The van der Waals surface area contributed by atoms with Crippen LogP contribution in [0.1, 0.15) is 13.3 Å². The lowest BCUT2D eigenvalue weighted by Gasteiger charge is -2.32. The molecule has 0 aliphatic carbocycles. The highest BCUT2D eigenvalue weighted by atomic mass is 32.2. The van der Waals surface area contributed by atoms with Crippen molar-refractivity contribution in [2.75, 3.05) is 27.4 Å². The van der Waals surface area contributed by atoms with Gasteiger partial charge < -0.3 is 14.2 Å². The van der Waals surface area contributed by atoms with Gasteiger partial charge in [0.25, 0.3) is 0 Å². The van der Waals surface area contributed by atoms with Gasteiger partial charge in [-0.25, -0.2) is 8.42 Å². The molecule has 0 aromatic heterocycles. The van der Waals surface area contributed by atoms with Crippen LogP contribution in [-0.2, 0) is 14.8 Å². The van der Waals surface area contributed by atoms with Crippen molar-refractivity contribution >= 4 is 10.0 Å². The zero-order valence-electron chi connectivity index (χ0n) is 11.8. The van der Waals surface area contributed by atoms with Gasteiger partial charge in [-0.2, -0.15) is 4.31 Å². The van der Waals surface area contributed by atoms with E-state index in [0.717, 1.165) is 0 Å². The van der Waals surface area contributed by atoms with Gasteiger partial charge in [-0.15, -0.1) is 0 Å². The van der Waals surface area contributed by atoms with Gasteiger partial charge in [0.2, 0.25) is 10.0 Å². The van der Waals surface area contributed by atoms with Gasteiger partial charge in [0.05, 0.1) is 14.2 Å². The number of sulfonamides is 1. The lowest BCUT2D eigenvalue weighted by molar-refractivity contribution is -0.0411. The Bertz CT molecular complexity index is 572. The number of benzene rings is 1. The number of rotatable bonds is 4. The summed E-state index contributed by atoms with van der Waals surface area (Å²) >= 11 is 0. The Balaban J connectivity index is 2.47. The molecule has 1 saturated heterocycles. The molecule has 0 radical (unpaired) electrons. The minimum atomic E-state index is -3.68. The first kappa shape index (κ1) is 15.1. The largest absolute Gasteiger partial charge is 0.497 e. The first-order valence-electron chi connectivity index (χ1n) is 6.36. The van der Waals surface area contributed by atoms with E-state index in [-0.39, 0.29) is 4.90 Å². The normalized spacial score (nSPS) is 20.6. The zero-order chi connectivity index (χ0) is 14.8. The Morgan fingerprint density at radius 2 is 2.05 bits per heavy atom. The molecule has 1 aromatic carbocycles. The van der Waals surface area contributed by atoms with Crippen LogP contribution in [0.2, 0.25) is 0 Å². The molecule has 6 nitrogen and oxygen atoms in total. The molecule has 0 amide bonds. The van der Waals surface area contributed by atoms with Crippen LogP contribution in [0, 0.1) is 0 Å². The summed E-state index contributed by atoms with van der Waals surface area (Å²) in [6, 6.07) is 4.71. The van der Waals surface area contributed by atoms with Crippen molar-refractivity contribution in [1.29, 1.82) is 0 Å². The van der Waals surface area contributed by atoms with Crippen molar-refractivity contribution in [2.45, 2.75) is 24.5 Å². The molecular weight excluding hydrogens is 282 g/mol. The third-order valence-corrected chi connectivity index (χ3v) is 5.22. The van der Waals surface area contributed by atoms with Gasteiger partial charge >= 0.3 is 0 Å². The van der Waals surface area contributed by atoms with Crippen LogP contribution in [0.15, 0.2) is 23.1 Å². The fraction of sp³-hybridized carbons (Fsp3) is 0.538. The number of methoxy groups -OCH3 is 2. The third-order valence-electron chi connectivity index (χ3n) is 3.24. The molecule has 112 valence electrons. The molecule has 0 N–H and O–H groups in total. The highest BCUT2D eigenvalue weighted by Crippen LogP contribution is 2.32. The van der Waals surface area contributed by atoms with Gasteiger partial charge in [-0.3, -0.25) is 0 Å². The Labute approximate surface area is 119 Å². The molecule has 1 aliphatic rings. The fourth-order valence-electron chi connectivity index (χ4n) is 2.17. The molecule has 7 heteroatoms. The quantitative estimate of drug-likeness (QED) is 0.842. The summed E-state index contributed by atoms with van der Waals surface area (Å²) < 4.78 is 42.5. The minimum Gasteiger partial charge on any atom is -0.497 e. The average Bonchev–Trinajstić information content (AvgIpc) is 2.46. The maximum absolute atomic E-state index is 12.8. The van der Waals surface area contributed by atoms with Gasteiger partial charge in [0.15, 0.2) is 0 Å². The van der Waals surface area contributed by atoms with Crippen molar-refractivity contribution in [1.82, 2.24) is 4.31 Å². The van der Waals surface area contributed by atoms with E-state index < -0.39 is 16.3 Å². The van der Waals surface area contributed by atoms with Gasteiger partial charge in [-0.05, 0) is 25.5 Å². The highest BCUT2D eigenvalue weighted by molar-refractivity contribution is 7.89. The van der Waals surface area contributed by atoms with Crippen LogP contribution in [-0.4, -0.2) is 46.3 Å². The first-order valence-corrected chi connectivity index (χ1v) is 7.80. The van der Waals surface area contributed by atoms with Crippen molar-refractivity contribution in [3.05, 3.63) is 18.2 Å². The second-order valence-corrected chi connectivity index (χ2v) is 6.32. The zero-order valence-corrected chi connectivity index (χ0v) is 12.6. The molecule has 1 aliphatic heterocycles. The van der Waals surface area contributed by atoms with Gasteiger partial charge in [0, 0.05) is 19.2 Å².